The van der Waals surface area contributed by atoms with Gasteiger partial charge in [0.15, 0.2) is 0 Å². The first kappa shape index (κ1) is 27.6. The number of hydrogen-bond donors (Lipinski definition) is 0. The fourth-order valence-corrected chi connectivity index (χ4v) is 7.20. The number of aromatic nitrogens is 2. The van der Waals surface area contributed by atoms with Crippen molar-refractivity contribution in [1.82, 2.24) is 9.97 Å². The second kappa shape index (κ2) is 11.7. The molecule has 6 aromatic rings. The molecule has 39 heavy (non-hydrogen) atoms. The molecule has 1 aliphatic rings. The molecule has 3 aromatic carbocycles. The van der Waals surface area contributed by atoms with Crippen LogP contribution in [0.5, 0.6) is 0 Å². The Hall–Kier alpha value is -2.95. The van der Waals surface area contributed by atoms with Crippen molar-refractivity contribution in [3.8, 4) is 22.5 Å². The molecule has 0 amide bonds. The van der Waals surface area contributed by atoms with Gasteiger partial charge in [-0.25, -0.2) is 0 Å². The fraction of sp³-hybridized carbons (Fsp3) is 0.176. The summed E-state index contributed by atoms with van der Waals surface area (Å²) in [6, 6.07) is 36.1. The van der Waals surface area contributed by atoms with E-state index in [1.165, 1.54) is 43.8 Å². The maximum Gasteiger partial charge on any atom is 0.0776 e. The van der Waals surface area contributed by atoms with Gasteiger partial charge in [0.2, 0.25) is 0 Å². The predicted octanol–water partition coefficient (Wildman–Crippen LogP) is 8.89. The second-order valence-electron chi connectivity index (χ2n) is 10.9. The van der Waals surface area contributed by atoms with E-state index in [4.69, 9.17) is 0 Å². The Labute approximate surface area is 249 Å². The Morgan fingerprint density at radius 2 is 1.64 bits per heavy atom. The standard InChI is InChI=1S/C20H18NSSi.C14H12N.Ir/c1-23(2,3)14-10-11-15-16-7-6-8-17(18-9-4-5-12-21-18)20(16)22-19(15)13-14;1-2-4-12(5-3-1)14-9-8-13(10-15-14)11-6-7-11;/h4-7,9-13H,1-3H3;1-4,8-11H,6-7H2;/q2*-1;. The van der Waals surface area contributed by atoms with Gasteiger partial charge in [0.05, 0.1) is 8.07 Å². The number of thiophene rings is 1. The average molecular weight is 719 g/mol. The number of nitrogens with zero attached hydrogens (tertiary/aromatic N) is 2. The van der Waals surface area contributed by atoms with Crippen molar-refractivity contribution >= 4 is 44.8 Å². The maximum atomic E-state index is 4.51. The zero-order chi connectivity index (χ0) is 26.1. The molecular formula is C34H30IrN2SSi-2. The van der Waals surface area contributed by atoms with Gasteiger partial charge in [-0.1, -0.05) is 66.6 Å². The van der Waals surface area contributed by atoms with Crippen LogP contribution in [0, 0.1) is 12.1 Å². The number of hydrogen-bond acceptors (Lipinski definition) is 3. The molecule has 0 aliphatic heterocycles. The van der Waals surface area contributed by atoms with Gasteiger partial charge in [-0.05, 0) is 57.9 Å². The Kier molecular flexibility index (Phi) is 8.25. The van der Waals surface area contributed by atoms with Crippen molar-refractivity contribution in [2.45, 2.75) is 38.4 Å². The summed E-state index contributed by atoms with van der Waals surface area (Å²) in [5.74, 6) is 0.784. The molecule has 1 aliphatic carbocycles. The Bertz CT molecular complexity index is 1690. The van der Waals surface area contributed by atoms with E-state index in [2.05, 4.69) is 84.2 Å². The zero-order valence-corrected chi connectivity index (χ0v) is 26.6. The van der Waals surface area contributed by atoms with Crippen LogP contribution in [0.2, 0.25) is 19.6 Å². The number of benzene rings is 3. The minimum Gasteiger partial charge on any atom is -0.305 e. The molecule has 0 atom stereocenters. The van der Waals surface area contributed by atoms with Gasteiger partial charge in [0.25, 0.3) is 0 Å². The molecule has 197 valence electrons. The maximum absolute atomic E-state index is 4.51. The number of fused-ring (bicyclic) bond motifs is 3. The molecule has 1 fully saturated rings. The molecule has 0 spiro atoms. The Morgan fingerprint density at radius 1 is 0.795 bits per heavy atom. The van der Waals surface area contributed by atoms with Crippen LogP contribution in [-0.2, 0) is 20.1 Å². The van der Waals surface area contributed by atoms with E-state index in [1.54, 1.807) is 0 Å². The Morgan fingerprint density at radius 3 is 2.31 bits per heavy atom. The van der Waals surface area contributed by atoms with Crippen LogP contribution < -0.4 is 5.19 Å². The van der Waals surface area contributed by atoms with Crippen molar-refractivity contribution in [1.29, 1.82) is 0 Å². The molecular weight excluding hydrogens is 689 g/mol. The summed E-state index contributed by atoms with van der Waals surface area (Å²) in [5, 5.41) is 4.17. The van der Waals surface area contributed by atoms with Crippen LogP contribution >= 0.6 is 11.3 Å². The van der Waals surface area contributed by atoms with Gasteiger partial charge < -0.3 is 9.97 Å². The first-order valence-corrected chi connectivity index (χ1v) is 17.5. The normalized spacial score (nSPS) is 13.0. The molecule has 0 saturated heterocycles. The Balaban J connectivity index is 0.000000167. The first-order valence-electron chi connectivity index (χ1n) is 13.2. The van der Waals surface area contributed by atoms with Crippen LogP contribution in [0.25, 0.3) is 42.7 Å². The molecule has 0 bridgehead atoms. The molecule has 0 N–H and O–H groups in total. The third-order valence-corrected chi connectivity index (χ3v) is 10.3. The van der Waals surface area contributed by atoms with Gasteiger partial charge in [0, 0.05) is 37.2 Å². The molecule has 3 aromatic heterocycles. The largest absolute Gasteiger partial charge is 0.305 e. The fourth-order valence-electron chi connectivity index (χ4n) is 4.68. The van der Waals surface area contributed by atoms with Crippen LogP contribution in [0.15, 0.2) is 97.3 Å². The van der Waals surface area contributed by atoms with E-state index < -0.39 is 8.07 Å². The van der Waals surface area contributed by atoms with Gasteiger partial charge in [-0.15, -0.1) is 59.7 Å². The molecule has 1 radical (unpaired) electrons. The predicted molar refractivity (Wildman–Crippen MR) is 165 cm³/mol. The van der Waals surface area contributed by atoms with Gasteiger partial charge in [-0.3, -0.25) is 0 Å². The van der Waals surface area contributed by atoms with E-state index in [9.17, 15) is 0 Å². The quantitative estimate of drug-likeness (QED) is 0.135. The summed E-state index contributed by atoms with van der Waals surface area (Å²) < 4.78 is 2.66. The summed E-state index contributed by atoms with van der Waals surface area (Å²) in [5.41, 5.74) is 5.57. The summed E-state index contributed by atoms with van der Waals surface area (Å²) in [6.07, 6.45) is 6.52. The minimum atomic E-state index is -1.29. The molecule has 0 unspecified atom stereocenters. The molecule has 7 rings (SSSR count). The van der Waals surface area contributed by atoms with E-state index in [0.717, 1.165) is 28.4 Å². The van der Waals surface area contributed by atoms with Crippen LogP contribution in [0.1, 0.15) is 24.3 Å². The molecule has 5 heteroatoms. The van der Waals surface area contributed by atoms with Gasteiger partial charge >= 0.3 is 0 Å². The van der Waals surface area contributed by atoms with E-state index in [0.29, 0.717) is 0 Å². The van der Waals surface area contributed by atoms with Crippen LogP contribution in [-0.4, -0.2) is 18.0 Å². The minimum absolute atomic E-state index is 0. The molecule has 2 nitrogen and oxygen atoms in total. The second-order valence-corrected chi connectivity index (χ2v) is 17.0. The zero-order valence-electron chi connectivity index (χ0n) is 22.4. The average Bonchev–Trinajstić information content (AvgIpc) is 3.74. The SMILES string of the molecule is C[Si](C)(C)c1ccc2c(c1)sc1c(-c3ccccn3)[c-]ccc12.[Ir].[c-]1ccccc1-c1ccc(C2CC2)cn1. The van der Waals surface area contributed by atoms with E-state index in [1.807, 2.05) is 66.2 Å². The van der Waals surface area contributed by atoms with Crippen molar-refractivity contribution < 1.29 is 20.1 Å². The monoisotopic (exact) mass is 719 g/mol. The van der Waals surface area contributed by atoms with E-state index >= 15 is 0 Å². The third-order valence-electron chi connectivity index (χ3n) is 7.04. The first-order chi connectivity index (χ1) is 18.5. The van der Waals surface area contributed by atoms with Crippen molar-refractivity contribution in [2.75, 3.05) is 0 Å². The van der Waals surface area contributed by atoms with Gasteiger partial charge in [-0.2, -0.15) is 11.3 Å². The summed E-state index contributed by atoms with van der Waals surface area (Å²) in [6.45, 7) is 7.19. The summed E-state index contributed by atoms with van der Waals surface area (Å²) in [7, 11) is -1.29. The van der Waals surface area contributed by atoms with Gasteiger partial charge in [0.1, 0.15) is 0 Å². The third kappa shape index (κ3) is 6.13. The molecule has 3 heterocycles. The molecule has 1 saturated carbocycles. The number of rotatable bonds is 4. The topological polar surface area (TPSA) is 25.8 Å². The smallest absolute Gasteiger partial charge is 0.0776 e. The number of pyridine rings is 2. The van der Waals surface area contributed by atoms with Crippen molar-refractivity contribution in [3.63, 3.8) is 0 Å². The van der Waals surface area contributed by atoms with E-state index in [-0.39, 0.29) is 20.1 Å². The van der Waals surface area contributed by atoms with Crippen molar-refractivity contribution in [2.24, 2.45) is 0 Å². The van der Waals surface area contributed by atoms with Crippen molar-refractivity contribution in [3.05, 3.63) is 115 Å². The van der Waals surface area contributed by atoms with Crippen LogP contribution in [0.3, 0.4) is 0 Å². The summed E-state index contributed by atoms with van der Waals surface area (Å²) >= 11 is 1.86. The van der Waals surface area contributed by atoms with Crippen LogP contribution in [0.4, 0.5) is 0 Å². The summed E-state index contributed by atoms with van der Waals surface area (Å²) in [4.78, 5) is 8.99.